The van der Waals surface area contributed by atoms with Crippen LogP contribution in [-0.4, -0.2) is 44.5 Å². The maximum Gasteiger partial charge on any atom is 0.314 e. The zero-order chi connectivity index (χ0) is 24.7. The fourth-order valence-electron chi connectivity index (χ4n) is 3.98. The van der Waals surface area contributed by atoms with Crippen LogP contribution in [0.2, 0.25) is 0 Å². The van der Waals surface area contributed by atoms with E-state index in [4.69, 9.17) is 14.2 Å². The maximum atomic E-state index is 12.9. The largest absolute Gasteiger partial charge is 0.493 e. The van der Waals surface area contributed by atoms with Gasteiger partial charge in [-0.25, -0.2) is 0 Å². The molecule has 2 aromatic carbocycles. The molecule has 0 saturated carbocycles. The van der Waals surface area contributed by atoms with Gasteiger partial charge in [-0.2, -0.15) is 8.78 Å². The second-order valence-corrected chi connectivity index (χ2v) is 8.68. The summed E-state index contributed by atoms with van der Waals surface area (Å²) in [5.74, 6) is -3.06. The van der Waals surface area contributed by atoms with Gasteiger partial charge in [-0.15, -0.1) is 0 Å². The highest BCUT2D eigenvalue weighted by Gasteiger charge is 2.35. The second kappa shape index (κ2) is 11.9. The van der Waals surface area contributed by atoms with Gasteiger partial charge in [0.25, 0.3) is 11.7 Å². The fraction of sp³-hybridized carbons (Fsp3) is 0.360. The van der Waals surface area contributed by atoms with Crippen molar-refractivity contribution >= 4 is 23.6 Å². The molecule has 0 heterocycles. The van der Waals surface area contributed by atoms with Gasteiger partial charge >= 0.3 is 5.97 Å². The standard InChI is InChI=1S/C25H27F2NO5S/c1-4-33-24(30)22(16-9-11-20(31-2)21(14-16)32-3)15-8-10-18(12-15)28-23(29)17-6-5-7-19(13-17)34-25(26)27/h5-11,13-15,18,22,25H,4,12H2,1-3H3,(H,28,29)/t15-,18+,22+/m1/s1. The number of esters is 1. The summed E-state index contributed by atoms with van der Waals surface area (Å²) < 4.78 is 41.3. The number of amides is 1. The van der Waals surface area contributed by atoms with E-state index in [1.54, 1.807) is 37.3 Å². The Bertz CT molecular complexity index is 1050. The molecule has 1 amide bonds. The van der Waals surface area contributed by atoms with E-state index in [1.165, 1.54) is 26.4 Å². The molecule has 3 atom stereocenters. The number of rotatable bonds is 10. The summed E-state index contributed by atoms with van der Waals surface area (Å²) >= 11 is 0.390. The Morgan fingerprint density at radius 1 is 1.09 bits per heavy atom. The molecule has 0 aliphatic heterocycles. The summed E-state index contributed by atoms with van der Waals surface area (Å²) in [6.07, 6.45) is 4.22. The van der Waals surface area contributed by atoms with Crippen LogP contribution in [0.3, 0.4) is 0 Å². The van der Waals surface area contributed by atoms with Crippen molar-refractivity contribution in [2.24, 2.45) is 5.92 Å². The number of allylic oxidation sites excluding steroid dienone is 1. The molecule has 0 radical (unpaired) electrons. The first kappa shape index (κ1) is 25.6. The van der Waals surface area contributed by atoms with Crippen molar-refractivity contribution in [2.75, 3.05) is 20.8 Å². The second-order valence-electron chi connectivity index (χ2n) is 7.61. The van der Waals surface area contributed by atoms with Gasteiger partial charge in [0.1, 0.15) is 0 Å². The molecule has 1 aliphatic rings. The highest BCUT2D eigenvalue weighted by atomic mass is 32.2. The number of carbonyl (C=O) groups is 2. The number of alkyl halides is 2. The minimum Gasteiger partial charge on any atom is -0.493 e. The molecule has 182 valence electrons. The van der Waals surface area contributed by atoms with Gasteiger partial charge in [0.2, 0.25) is 0 Å². The topological polar surface area (TPSA) is 73.9 Å². The van der Waals surface area contributed by atoms with Crippen LogP contribution in [0.15, 0.2) is 59.5 Å². The lowest BCUT2D eigenvalue weighted by Crippen LogP contribution is -2.33. The van der Waals surface area contributed by atoms with E-state index in [0.29, 0.717) is 40.1 Å². The van der Waals surface area contributed by atoms with Gasteiger partial charge in [0.15, 0.2) is 11.5 Å². The van der Waals surface area contributed by atoms with Gasteiger partial charge in [-0.1, -0.05) is 36.0 Å². The molecule has 0 saturated heterocycles. The number of benzene rings is 2. The first-order valence-electron chi connectivity index (χ1n) is 10.8. The minimum absolute atomic E-state index is 0.219. The van der Waals surface area contributed by atoms with Crippen LogP contribution < -0.4 is 14.8 Å². The lowest BCUT2D eigenvalue weighted by molar-refractivity contribution is -0.146. The average molecular weight is 492 g/mol. The van der Waals surface area contributed by atoms with E-state index in [0.717, 1.165) is 5.56 Å². The number of methoxy groups -OCH3 is 2. The molecule has 1 N–H and O–H groups in total. The van der Waals surface area contributed by atoms with E-state index in [1.807, 2.05) is 12.2 Å². The number of halogens is 2. The summed E-state index contributed by atoms with van der Waals surface area (Å²) in [6.45, 7) is 1.99. The van der Waals surface area contributed by atoms with E-state index in [-0.39, 0.29) is 30.4 Å². The third kappa shape index (κ3) is 6.28. The zero-order valence-corrected chi connectivity index (χ0v) is 19.9. The van der Waals surface area contributed by atoms with Crippen LogP contribution >= 0.6 is 11.8 Å². The molecule has 6 nitrogen and oxygen atoms in total. The predicted molar refractivity (Wildman–Crippen MR) is 126 cm³/mol. The lowest BCUT2D eigenvalue weighted by atomic mass is 9.85. The summed E-state index contributed by atoms with van der Waals surface area (Å²) in [5.41, 5.74) is 1.01. The minimum atomic E-state index is -2.56. The molecular weight excluding hydrogens is 464 g/mol. The average Bonchev–Trinajstić information content (AvgIpc) is 3.26. The highest BCUT2D eigenvalue weighted by molar-refractivity contribution is 7.99. The molecule has 2 aromatic rings. The third-order valence-electron chi connectivity index (χ3n) is 5.49. The van der Waals surface area contributed by atoms with Crippen molar-refractivity contribution in [2.45, 2.75) is 36.0 Å². The number of ether oxygens (including phenoxy) is 3. The van der Waals surface area contributed by atoms with Crippen LogP contribution in [0.25, 0.3) is 0 Å². The molecule has 1 aliphatic carbocycles. The number of nitrogens with one attached hydrogen (secondary N) is 1. The van der Waals surface area contributed by atoms with Crippen molar-refractivity contribution in [3.63, 3.8) is 0 Å². The van der Waals surface area contributed by atoms with Crippen LogP contribution in [-0.2, 0) is 9.53 Å². The van der Waals surface area contributed by atoms with E-state index in [2.05, 4.69) is 5.32 Å². The SMILES string of the molecule is CCOC(=O)[C@H](c1ccc(OC)c(OC)c1)[C@@H]1C=C[C@H](NC(=O)c2cccc(SC(F)F)c2)C1. The number of thioether (sulfide) groups is 1. The molecule has 0 fully saturated rings. The highest BCUT2D eigenvalue weighted by Crippen LogP contribution is 2.38. The van der Waals surface area contributed by atoms with Crippen LogP contribution in [0.5, 0.6) is 11.5 Å². The predicted octanol–water partition coefficient (Wildman–Crippen LogP) is 5.04. The Labute approximate surface area is 201 Å². The Morgan fingerprint density at radius 2 is 1.85 bits per heavy atom. The number of carbonyl (C=O) groups excluding carboxylic acids is 2. The van der Waals surface area contributed by atoms with Gasteiger partial charge in [0.05, 0.1) is 26.7 Å². The zero-order valence-electron chi connectivity index (χ0n) is 19.1. The Hall–Kier alpha value is -3.07. The van der Waals surface area contributed by atoms with Crippen molar-refractivity contribution in [1.82, 2.24) is 5.32 Å². The van der Waals surface area contributed by atoms with Gasteiger partial charge in [-0.05, 0) is 55.2 Å². The first-order valence-corrected chi connectivity index (χ1v) is 11.7. The Balaban J connectivity index is 1.75. The summed E-state index contributed by atoms with van der Waals surface area (Å²) in [6, 6.07) is 11.1. The van der Waals surface area contributed by atoms with E-state index >= 15 is 0 Å². The van der Waals surface area contributed by atoms with Crippen molar-refractivity contribution < 1.29 is 32.6 Å². The molecule has 9 heteroatoms. The molecule has 0 bridgehead atoms. The number of hydrogen-bond acceptors (Lipinski definition) is 6. The molecule has 0 aromatic heterocycles. The number of hydrogen-bond donors (Lipinski definition) is 1. The fourth-order valence-corrected chi connectivity index (χ4v) is 4.54. The third-order valence-corrected chi connectivity index (χ3v) is 6.19. The molecule has 34 heavy (non-hydrogen) atoms. The van der Waals surface area contributed by atoms with Crippen LogP contribution in [0.4, 0.5) is 8.78 Å². The quantitative estimate of drug-likeness (QED) is 0.285. The molecule has 0 unspecified atom stereocenters. The molecule has 3 rings (SSSR count). The molecular formula is C25H27F2NO5S. The monoisotopic (exact) mass is 491 g/mol. The van der Waals surface area contributed by atoms with E-state index < -0.39 is 11.7 Å². The summed E-state index contributed by atoms with van der Waals surface area (Å²) in [7, 11) is 3.06. The van der Waals surface area contributed by atoms with Gasteiger partial charge < -0.3 is 19.5 Å². The molecule has 0 spiro atoms. The summed E-state index contributed by atoms with van der Waals surface area (Å²) in [5, 5.41) is 2.90. The Kier molecular flexibility index (Phi) is 8.92. The maximum absolute atomic E-state index is 12.9. The van der Waals surface area contributed by atoms with Crippen LogP contribution in [0, 0.1) is 5.92 Å². The van der Waals surface area contributed by atoms with E-state index in [9.17, 15) is 18.4 Å². The van der Waals surface area contributed by atoms with Gasteiger partial charge in [0, 0.05) is 16.5 Å². The normalized spacial score (nSPS) is 17.9. The van der Waals surface area contributed by atoms with Crippen molar-refractivity contribution in [3.8, 4) is 11.5 Å². The van der Waals surface area contributed by atoms with Crippen molar-refractivity contribution in [1.29, 1.82) is 0 Å². The smallest absolute Gasteiger partial charge is 0.314 e. The lowest BCUT2D eigenvalue weighted by Gasteiger charge is -2.23. The van der Waals surface area contributed by atoms with Crippen molar-refractivity contribution in [3.05, 3.63) is 65.7 Å². The van der Waals surface area contributed by atoms with Gasteiger partial charge in [-0.3, -0.25) is 9.59 Å². The van der Waals surface area contributed by atoms with Crippen LogP contribution in [0.1, 0.15) is 35.2 Å². The Morgan fingerprint density at radius 3 is 2.53 bits per heavy atom. The summed E-state index contributed by atoms with van der Waals surface area (Å²) in [4.78, 5) is 25.9. The first-order chi connectivity index (χ1) is 16.4.